The molecule has 5 nitrogen and oxygen atoms in total. The van der Waals surface area contributed by atoms with Gasteiger partial charge < -0.3 is 14.7 Å². The number of nitrogens with zero attached hydrogens (tertiary/aromatic N) is 3. The molecule has 1 N–H and O–H groups in total. The summed E-state index contributed by atoms with van der Waals surface area (Å²) >= 11 is 0. The molecule has 2 saturated heterocycles. The summed E-state index contributed by atoms with van der Waals surface area (Å²) in [6.45, 7) is 3.95. The van der Waals surface area contributed by atoms with Crippen LogP contribution in [0.25, 0.3) is 0 Å². The van der Waals surface area contributed by atoms with Crippen molar-refractivity contribution in [2.75, 3.05) is 12.0 Å². The van der Waals surface area contributed by atoms with E-state index in [0.29, 0.717) is 24.9 Å². The number of benzene rings is 1. The molecule has 3 heterocycles. The van der Waals surface area contributed by atoms with Crippen molar-refractivity contribution in [3.63, 3.8) is 0 Å². The van der Waals surface area contributed by atoms with Gasteiger partial charge in [-0.25, -0.2) is 9.97 Å². The van der Waals surface area contributed by atoms with Crippen LogP contribution in [0.3, 0.4) is 0 Å². The first-order valence-electron chi connectivity index (χ1n) is 8.97. The molecule has 2 bridgehead atoms. The highest BCUT2D eigenvalue weighted by Gasteiger charge is 2.49. The number of aryl methyl sites for hydroxylation is 2. The first-order chi connectivity index (χ1) is 12.0. The Morgan fingerprint density at radius 2 is 1.80 bits per heavy atom. The van der Waals surface area contributed by atoms with Crippen molar-refractivity contribution in [2.24, 2.45) is 0 Å². The SMILES string of the molecule is COc1ccccc1C1(O)CC2CCC(C1)N2c1cc(C)nc(C)n1. The quantitative estimate of drug-likeness (QED) is 0.931. The zero-order chi connectivity index (χ0) is 17.6. The highest BCUT2D eigenvalue weighted by atomic mass is 16.5. The molecule has 2 fully saturated rings. The standard InChI is InChI=1S/C20H25N3O2/c1-13-10-19(22-14(2)21-13)23-15-8-9-16(23)12-20(24,11-15)17-6-4-5-7-18(17)25-3/h4-7,10,15-16,24H,8-9,11-12H2,1-3H3. The Bertz CT molecular complexity index is 758. The number of fused-ring (bicyclic) bond motifs is 2. The fourth-order valence-corrected chi connectivity index (χ4v) is 4.68. The summed E-state index contributed by atoms with van der Waals surface area (Å²) in [7, 11) is 1.67. The average molecular weight is 339 g/mol. The molecule has 1 aromatic carbocycles. The number of rotatable bonds is 3. The molecule has 2 unspecified atom stereocenters. The minimum atomic E-state index is -0.841. The number of hydrogen-bond acceptors (Lipinski definition) is 5. The lowest BCUT2D eigenvalue weighted by Crippen LogP contribution is -2.50. The lowest BCUT2D eigenvalue weighted by molar-refractivity contribution is -0.00508. The number of anilines is 1. The number of piperidine rings is 1. The van der Waals surface area contributed by atoms with E-state index in [2.05, 4.69) is 20.9 Å². The third kappa shape index (κ3) is 2.76. The highest BCUT2D eigenvalue weighted by molar-refractivity contribution is 5.47. The predicted molar refractivity (Wildman–Crippen MR) is 96.9 cm³/mol. The molecule has 2 aliphatic rings. The number of hydrogen-bond donors (Lipinski definition) is 1. The zero-order valence-electron chi connectivity index (χ0n) is 15.1. The maximum atomic E-state index is 11.5. The van der Waals surface area contributed by atoms with E-state index in [0.717, 1.165) is 41.5 Å². The third-order valence-corrected chi connectivity index (χ3v) is 5.59. The van der Waals surface area contributed by atoms with E-state index in [1.54, 1.807) is 7.11 Å². The second kappa shape index (κ2) is 5.99. The summed E-state index contributed by atoms with van der Waals surface area (Å²) in [5.41, 5.74) is 1.06. The van der Waals surface area contributed by atoms with Crippen molar-refractivity contribution in [1.82, 2.24) is 9.97 Å². The van der Waals surface area contributed by atoms with Gasteiger partial charge in [-0.3, -0.25) is 0 Å². The molecule has 5 heteroatoms. The second-order valence-corrected chi connectivity index (χ2v) is 7.35. The molecule has 4 rings (SSSR count). The fraction of sp³-hybridized carbons (Fsp3) is 0.500. The Kier molecular flexibility index (Phi) is 3.91. The molecule has 2 atom stereocenters. The minimum Gasteiger partial charge on any atom is -0.496 e. The van der Waals surface area contributed by atoms with Crippen molar-refractivity contribution in [3.8, 4) is 5.75 Å². The summed E-state index contributed by atoms with van der Waals surface area (Å²) in [6.07, 6.45) is 3.58. The van der Waals surface area contributed by atoms with Crippen LogP contribution in [0.4, 0.5) is 5.82 Å². The molecule has 0 amide bonds. The van der Waals surface area contributed by atoms with Crippen LogP contribution in [0.15, 0.2) is 30.3 Å². The molecule has 0 spiro atoms. The van der Waals surface area contributed by atoms with Crippen LogP contribution in [-0.4, -0.2) is 34.3 Å². The maximum absolute atomic E-state index is 11.5. The molecule has 2 aliphatic heterocycles. The smallest absolute Gasteiger partial charge is 0.133 e. The second-order valence-electron chi connectivity index (χ2n) is 7.35. The summed E-state index contributed by atoms with van der Waals surface area (Å²) < 4.78 is 5.50. The number of para-hydroxylation sites is 1. The van der Waals surface area contributed by atoms with E-state index < -0.39 is 5.60 Å². The largest absolute Gasteiger partial charge is 0.496 e. The Labute approximate surface area is 148 Å². The molecular weight excluding hydrogens is 314 g/mol. The number of ether oxygens (including phenoxy) is 1. The number of aliphatic hydroxyl groups is 1. The van der Waals surface area contributed by atoms with Crippen LogP contribution in [0.2, 0.25) is 0 Å². The first-order valence-corrected chi connectivity index (χ1v) is 8.97. The van der Waals surface area contributed by atoms with E-state index in [1.165, 1.54) is 0 Å². The average Bonchev–Trinajstić information content (AvgIpc) is 2.86. The summed E-state index contributed by atoms with van der Waals surface area (Å²) in [6, 6.07) is 10.5. The molecule has 0 aliphatic carbocycles. The van der Waals surface area contributed by atoms with E-state index in [9.17, 15) is 5.11 Å². The van der Waals surface area contributed by atoms with Crippen LogP contribution in [0.1, 0.15) is 42.8 Å². The van der Waals surface area contributed by atoms with E-state index in [-0.39, 0.29) is 0 Å². The number of methoxy groups -OCH3 is 1. The number of aromatic nitrogens is 2. The molecular formula is C20H25N3O2. The Morgan fingerprint density at radius 3 is 2.44 bits per heavy atom. The van der Waals surface area contributed by atoms with Gasteiger partial charge in [0.05, 0.1) is 12.7 Å². The van der Waals surface area contributed by atoms with Crippen LogP contribution in [0, 0.1) is 13.8 Å². The van der Waals surface area contributed by atoms with Gasteiger partial charge in [0.25, 0.3) is 0 Å². The monoisotopic (exact) mass is 339 g/mol. The van der Waals surface area contributed by atoms with Gasteiger partial charge in [0.1, 0.15) is 17.4 Å². The van der Waals surface area contributed by atoms with Crippen LogP contribution < -0.4 is 9.64 Å². The van der Waals surface area contributed by atoms with E-state index in [1.807, 2.05) is 38.1 Å². The van der Waals surface area contributed by atoms with Crippen molar-refractivity contribution < 1.29 is 9.84 Å². The van der Waals surface area contributed by atoms with Gasteiger partial charge in [-0.1, -0.05) is 18.2 Å². The lowest BCUT2D eigenvalue weighted by atomic mass is 9.80. The van der Waals surface area contributed by atoms with Crippen LogP contribution in [0.5, 0.6) is 5.75 Å². The molecule has 0 saturated carbocycles. The summed E-state index contributed by atoms with van der Waals surface area (Å²) in [5, 5.41) is 11.5. The summed E-state index contributed by atoms with van der Waals surface area (Å²) in [5.74, 6) is 2.58. The van der Waals surface area contributed by atoms with Gasteiger partial charge in [0, 0.05) is 42.2 Å². The van der Waals surface area contributed by atoms with Crippen LogP contribution >= 0.6 is 0 Å². The highest BCUT2D eigenvalue weighted by Crippen LogP contribution is 2.48. The Morgan fingerprint density at radius 1 is 1.12 bits per heavy atom. The van der Waals surface area contributed by atoms with E-state index >= 15 is 0 Å². The van der Waals surface area contributed by atoms with Gasteiger partial charge in [-0.15, -0.1) is 0 Å². The van der Waals surface area contributed by atoms with Crippen molar-refractivity contribution in [3.05, 3.63) is 47.4 Å². The normalized spacial score (nSPS) is 28.2. The predicted octanol–water partition coefficient (Wildman–Crippen LogP) is 3.12. The molecule has 132 valence electrons. The van der Waals surface area contributed by atoms with Gasteiger partial charge in [0.2, 0.25) is 0 Å². The van der Waals surface area contributed by atoms with Gasteiger partial charge >= 0.3 is 0 Å². The van der Waals surface area contributed by atoms with Crippen molar-refractivity contribution in [1.29, 1.82) is 0 Å². The molecule has 2 aromatic rings. The zero-order valence-corrected chi connectivity index (χ0v) is 15.1. The van der Waals surface area contributed by atoms with Crippen LogP contribution in [-0.2, 0) is 5.60 Å². The van der Waals surface area contributed by atoms with Gasteiger partial charge in [0.15, 0.2) is 0 Å². The Hall–Kier alpha value is -2.14. The van der Waals surface area contributed by atoms with Crippen molar-refractivity contribution in [2.45, 2.75) is 57.2 Å². The molecule has 25 heavy (non-hydrogen) atoms. The Balaban J connectivity index is 1.67. The third-order valence-electron chi connectivity index (χ3n) is 5.59. The molecule has 0 radical (unpaired) electrons. The minimum absolute atomic E-state index is 0.294. The van der Waals surface area contributed by atoms with Gasteiger partial charge in [-0.05, 0) is 32.8 Å². The fourth-order valence-electron chi connectivity index (χ4n) is 4.68. The summed E-state index contributed by atoms with van der Waals surface area (Å²) in [4.78, 5) is 11.5. The first kappa shape index (κ1) is 16.3. The van der Waals surface area contributed by atoms with Gasteiger partial charge in [-0.2, -0.15) is 0 Å². The topological polar surface area (TPSA) is 58.5 Å². The van der Waals surface area contributed by atoms with E-state index in [4.69, 9.17) is 4.74 Å². The van der Waals surface area contributed by atoms with Crippen molar-refractivity contribution >= 4 is 5.82 Å². The molecule has 1 aromatic heterocycles. The maximum Gasteiger partial charge on any atom is 0.133 e. The lowest BCUT2D eigenvalue weighted by Gasteiger charge is -2.45.